The maximum Gasteiger partial charge on any atom is 0.251 e. The summed E-state index contributed by atoms with van der Waals surface area (Å²) in [7, 11) is 0. The summed E-state index contributed by atoms with van der Waals surface area (Å²) in [5, 5.41) is 2.63. The number of nitrogens with one attached hydrogen (secondary N) is 1. The van der Waals surface area contributed by atoms with Gasteiger partial charge in [-0.2, -0.15) is 0 Å². The first-order valence-corrected chi connectivity index (χ1v) is 7.06. The second-order valence-electron chi connectivity index (χ2n) is 5.01. The summed E-state index contributed by atoms with van der Waals surface area (Å²) in [6, 6.07) is 5.26. The molecule has 0 unspecified atom stereocenters. The monoisotopic (exact) mass is 375 g/mol. The molecule has 0 atom stereocenters. The van der Waals surface area contributed by atoms with Crippen molar-refractivity contribution in [1.82, 2.24) is 5.32 Å². The standard InChI is InChI=1S/C13H15Br2NO2/c1-13(2,3)11(17)7-16-12(18)8-4-9(14)6-10(15)5-8/h4-6H,7H2,1-3H3,(H,16,18). The van der Waals surface area contributed by atoms with Gasteiger partial charge in [0.1, 0.15) is 0 Å². The molecule has 1 amide bonds. The quantitative estimate of drug-likeness (QED) is 0.876. The molecule has 0 saturated heterocycles. The van der Waals surface area contributed by atoms with Crippen LogP contribution in [0, 0.1) is 5.41 Å². The minimum absolute atomic E-state index is 0.00455. The summed E-state index contributed by atoms with van der Waals surface area (Å²) in [6.07, 6.45) is 0. The Kier molecular flexibility index (Phi) is 5.10. The summed E-state index contributed by atoms with van der Waals surface area (Å²) < 4.78 is 1.62. The van der Waals surface area contributed by atoms with Crippen LogP contribution in [0.4, 0.5) is 0 Å². The second-order valence-corrected chi connectivity index (χ2v) is 6.85. The molecule has 1 aromatic rings. The number of hydrogen-bond donors (Lipinski definition) is 1. The van der Waals surface area contributed by atoms with E-state index in [1.165, 1.54) is 0 Å². The second kappa shape index (κ2) is 5.97. The molecule has 0 radical (unpaired) electrons. The number of carbonyl (C=O) groups is 2. The zero-order chi connectivity index (χ0) is 13.9. The highest BCUT2D eigenvalue weighted by atomic mass is 79.9. The van der Waals surface area contributed by atoms with Crippen molar-refractivity contribution in [3.63, 3.8) is 0 Å². The van der Waals surface area contributed by atoms with Crippen molar-refractivity contribution in [3.8, 4) is 0 Å². The number of Topliss-reactive ketones (excluding diaryl/α,β-unsaturated/α-hetero) is 1. The Hall–Kier alpha value is -0.680. The van der Waals surface area contributed by atoms with E-state index >= 15 is 0 Å². The van der Waals surface area contributed by atoms with Crippen molar-refractivity contribution in [1.29, 1.82) is 0 Å². The lowest BCUT2D eigenvalue weighted by atomic mass is 9.91. The van der Waals surface area contributed by atoms with E-state index in [0.29, 0.717) is 5.56 Å². The van der Waals surface area contributed by atoms with Crippen LogP contribution in [0.2, 0.25) is 0 Å². The molecule has 18 heavy (non-hydrogen) atoms. The van der Waals surface area contributed by atoms with Crippen LogP contribution >= 0.6 is 31.9 Å². The Labute approximate surface area is 124 Å². The molecule has 0 aliphatic rings. The number of amides is 1. The van der Waals surface area contributed by atoms with Gasteiger partial charge in [-0.3, -0.25) is 9.59 Å². The predicted octanol–water partition coefficient (Wildman–Crippen LogP) is 3.56. The Morgan fingerprint density at radius 3 is 2.06 bits per heavy atom. The first-order chi connectivity index (χ1) is 8.20. The average Bonchev–Trinajstić information content (AvgIpc) is 2.22. The first kappa shape index (κ1) is 15.4. The zero-order valence-corrected chi connectivity index (χ0v) is 13.7. The molecule has 5 heteroatoms. The van der Waals surface area contributed by atoms with Crippen LogP contribution in [-0.2, 0) is 4.79 Å². The predicted molar refractivity (Wildman–Crippen MR) is 78.6 cm³/mol. The van der Waals surface area contributed by atoms with Crippen molar-refractivity contribution in [2.45, 2.75) is 20.8 Å². The van der Waals surface area contributed by atoms with E-state index in [2.05, 4.69) is 37.2 Å². The minimum atomic E-state index is -0.439. The largest absolute Gasteiger partial charge is 0.345 e. The molecule has 0 aromatic heterocycles. The fourth-order valence-electron chi connectivity index (χ4n) is 1.21. The van der Waals surface area contributed by atoms with E-state index in [9.17, 15) is 9.59 Å². The van der Waals surface area contributed by atoms with Crippen LogP contribution in [0.15, 0.2) is 27.1 Å². The maximum atomic E-state index is 11.9. The fraction of sp³-hybridized carbons (Fsp3) is 0.385. The lowest BCUT2D eigenvalue weighted by Gasteiger charge is -2.16. The Morgan fingerprint density at radius 1 is 1.11 bits per heavy atom. The molecule has 1 rings (SSSR count). The fourth-order valence-corrected chi connectivity index (χ4v) is 2.51. The van der Waals surface area contributed by atoms with Gasteiger partial charge in [-0.25, -0.2) is 0 Å². The van der Waals surface area contributed by atoms with E-state index < -0.39 is 5.41 Å². The SMILES string of the molecule is CC(C)(C)C(=O)CNC(=O)c1cc(Br)cc(Br)c1. The molecule has 0 aliphatic carbocycles. The minimum Gasteiger partial charge on any atom is -0.345 e. The molecule has 0 saturated carbocycles. The third-order valence-corrected chi connectivity index (χ3v) is 3.29. The number of carbonyl (C=O) groups excluding carboxylic acids is 2. The number of hydrogen-bond acceptors (Lipinski definition) is 2. The van der Waals surface area contributed by atoms with Gasteiger partial charge in [0.2, 0.25) is 0 Å². The zero-order valence-electron chi connectivity index (χ0n) is 10.5. The van der Waals surface area contributed by atoms with Gasteiger partial charge in [0.15, 0.2) is 5.78 Å². The van der Waals surface area contributed by atoms with Gasteiger partial charge < -0.3 is 5.32 Å². The van der Waals surface area contributed by atoms with Gasteiger partial charge in [-0.1, -0.05) is 52.6 Å². The molecular formula is C13H15Br2NO2. The summed E-state index contributed by atoms with van der Waals surface area (Å²) in [5.74, 6) is -0.250. The van der Waals surface area contributed by atoms with Crippen LogP contribution in [0.1, 0.15) is 31.1 Å². The van der Waals surface area contributed by atoms with Gasteiger partial charge in [0.25, 0.3) is 5.91 Å². The molecule has 0 bridgehead atoms. The third-order valence-electron chi connectivity index (χ3n) is 2.37. The van der Waals surface area contributed by atoms with Gasteiger partial charge in [0, 0.05) is 19.9 Å². The lowest BCUT2D eigenvalue weighted by Crippen LogP contribution is -2.35. The molecular weight excluding hydrogens is 362 g/mol. The highest BCUT2D eigenvalue weighted by Crippen LogP contribution is 2.20. The number of ketones is 1. The van der Waals surface area contributed by atoms with Crippen molar-refractivity contribution in [2.75, 3.05) is 6.54 Å². The summed E-state index contributed by atoms with van der Waals surface area (Å²) in [5.41, 5.74) is 0.0726. The van der Waals surface area contributed by atoms with Crippen molar-refractivity contribution < 1.29 is 9.59 Å². The summed E-state index contributed by atoms with van der Waals surface area (Å²) >= 11 is 6.63. The summed E-state index contributed by atoms with van der Waals surface area (Å²) in [6.45, 7) is 5.54. The Balaban J connectivity index is 2.69. The van der Waals surface area contributed by atoms with E-state index in [-0.39, 0.29) is 18.2 Å². The van der Waals surface area contributed by atoms with Crippen LogP contribution in [-0.4, -0.2) is 18.2 Å². The lowest BCUT2D eigenvalue weighted by molar-refractivity contribution is -0.125. The van der Waals surface area contributed by atoms with E-state index in [1.807, 2.05) is 26.8 Å². The topological polar surface area (TPSA) is 46.2 Å². The molecule has 1 aromatic carbocycles. The first-order valence-electron chi connectivity index (χ1n) is 5.48. The number of halogens is 2. The number of rotatable bonds is 3. The molecule has 0 aliphatic heterocycles. The van der Waals surface area contributed by atoms with E-state index in [0.717, 1.165) is 8.95 Å². The van der Waals surface area contributed by atoms with Crippen molar-refractivity contribution in [2.24, 2.45) is 5.41 Å². The van der Waals surface area contributed by atoms with E-state index in [1.54, 1.807) is 12.1 Å². The van der Waals surface area contributed by atoms with Gasteiger partial charge in [-0.05, 0) is 18.2 Å². The molecule has 98 valence electrons. The average molecular weight is 377 g/mol. The normalized spacial score (nSPS) is 11.2. The Bertz CT molecular complexity index is 458. The summed E-state index contributed by atoms with van der Waals surface area (Å²) in [4.78, 5) is 23.6. The highest BCUT2D eigenvalue weighted by Gasteiger charge is 2.21. The smallest absolute Gasteiger partial charge is 0.251 e. The van der Waals surface area contributed by atoms with Crippen LogP contribution < -0.4 is 5.32 Å². The van der Waals surface area contributed by atoms with Gasteiger partial charge >= 0.3 is 0 Å². The van der Waals surface area contributed by atoms with Crippen LogP contribution in [0.5, 0.6) is 0 Å². The molecule has 0 fully saturated rings. The molecule has 0 heterocycles. The van der Waals surface area contributed by atoms with Gasteiger partial charge in [-0.15, -0.1) is 0 Å². The van der Waals surface area contributed by atoms with Crippen molar-refractivity contribution >= 4 is 43.6 Å². The van der Waals surface area contributed by atoms with Crippen molar-refractivity contribution in [3.05, 3.63) is 32.7 Å². The van der Waals surface area contributed by atoms with Crippen LogP contribution in [0.25, 0.3) is 0 Å². The molecule has 1 N–H and O–H groups in total. The number of benzene rings is 1. The molecule has 0 spiro atoms. The Morgan fingerprint density at radius 2 is 1.61 bits per heavy atom. The van der Waals surface area contributed by atoms with Crippen LogP contribution in [0.3, 0.4) is 0 Å². The maximum absolute atomic E-state index is 11.9. The molecule has 3 nitrogen and oxygen atoms in total. The van der Waals surface area contributed by atoms with Gasteiger partial charge in [0.05, 0.1) is 6.54 Å². The van der Waals surface area contributed by atoms with E-state index in [4.69, 9.17) is 0 Å². The highest BCUT2D eigenvalue weighted by molar-refractivity contribution is 9.11. The third kappa shape index (κ3) is 4.53.